The summed E-state index contributed by atoms with van der Waals surface area (Å²) in [7, 11) is 0. The summed E-state index contributed by atoms with van der Waals surface area (Å²) in [5, 5.41) is 7.02. The topological polar surface area (TPSA) is 81.7 Å². The number of aryl methyl sites for hydroxylation is 2. The van der Waals surface area contributed by atoms with Crippen LogP contribution in [0.1, 0.15) is 22.7 Å². The molecule has 3 aromatic rings. The molecule has 1 saturated heterocycles. The standard InChI is InChI=1S/C19H22N4O3/c1-12-4-3-5-23-15(9-20-19(12)23)8-18(24)21-17-11-25-10-14(17)7-16-6-13(2)22-26-16/h3-6,9,14,17H,7-8,10-11H2,1-2H3,(H,21,24)/t14-,17+/m0/s1. The van der Waals surface area contributed by atoms with Crippen molar-refractivity contribution >= 4 is 11.6 Å². The zero-order valence-corrected chi connectivity index (χ0v) is 14.9. The van der Waals surface area contributed by atoms with Crippen LogP contribution in [0.2, 0.25) is 0 Å². The van der Waals surface area contributed by atoms with Crippen LogP contribution in [-0.4, -0.2) is 39.7 Å². The number of imidazole rings is 1. The van der Waals surface area contributed by atoms with E-state index >= 15 is 0 Å². The van der Waals surface area contributed by atoms with Gasteiger partial charge in [0.1, 0.15) is 11.4 Å². The van der Waals surface area contributed by atoms with Crippen molar-refractivity contribution in [3.63, 3.8) is 0 Å². The molecule has 1 aliphatic rings. The number of carbonyl (C=O) groups is 1. The number of amides is 1. The van der Waals surface area contributed by atoms with Gasteiger partial charge in [0, 0.05) is 30.8 Å². The molecule has 3 aromatic heterocycles. The molecular weight excluding hydrogens is 332 g/mol. The maximum atomic E-state index is 12.6. The number of aromatic nitrogens is 3. The van der Waals surface area contributed by atoms with Gasteiger partial charge >= 0.3 is 0 Å². The number of ether oxygens (including phenoxy) is 1. The molecule has 0 radical (unpaired) electrons. The van der Waals surface area contributed by atoms with Crippen LogP contribution >= 0.6 is 0 Å². The van der Waals surface area contributed by atoms with Gasteiger partial charge in [-0.15, -0.1) is 0 Å². The van der Waals surface area contributed by atoms with E-state index in [0.717, 1.165) is 28.4 Å². The first kappa shape index (κ1) is 16.8. The minimum absolute atomic E-state index is 0.0196. The number of nitrogens with zero attached hydrogens (tertiary/aromatic N) is 3. The van der Waals surface area contributed by atoms with Crippen LogP contribution in [0.5, 0.6) is 0 Å². The summed E-state index contributed by atoms with van der Waals surface area (Å²) in [6.07, 6.45) is 4.70. The fourth-order valence-corrected chi connectivity index (χ4v) is 3.49. The van der Waals surface area contributed by atoms with Gasteiger partial charge in [0.05, 0.1) is 37.1 Å². The Labute approximate surface area is 151 Å². The lowest BCUT2D eigenvalue weighted by molar-refractivity contribution is -0.121. The number of nitrogens with one attached hydrogen (secondary N) is 1. The van der Waals surface area contributed by atoms with Gasteiger partial charge in [-0.1, -0.05) is 11.2 Å². The van der Waals surface area contributed by atoms with Crippen molar-refractivity contribution in [1.29, 1.82) is 0 Å². The third-order valence-electron chi connectivity index (χ3n) is 4.83. The van der Waals surface area contributed by atoms with Gasteiger partial charge in [0.2, 0.25) is 5.91 Å². The maximum absolute atomic E-state index is 12.6. The second-order valence-electron chi connectivity index (χ2n) is 6.92. The highest BCUT2D eigenvalue weighted by Gasteiger charge is 2.30. The van der Waals surface area contributed by atoms with Crippen molar-refractivity contribution in [3.8, 4) is 0 Å². The van der Waals surface area contributed by atoms with E-state index in [1.54, 1.807) is 6.20 Å². The zero-order valence-electron chi connectivity index (χ0n) is 14.9. The predicted molar refractivity (Wildman–Crippen MR) is 94.8 cm³/mol. The largest absolute Gasteiger partial charge is 0.379 e. The molecule has 0 aromatic carbocycles. The smallest absolute Gasteiger partial charge is 0.226 e. The molecule has 7 heteroatoms. The highest BCUT2D eigenvalue weighted by atomic mass is 16.5. The molecule has 1 fully saturated rings. The molecule has 1 aliphatic heterocycles. The molecule has 7 nitrogen and oxygen atoms in total. The molecule has 2 atom stereocenters. The van der Waals surface area contributed by atoms with Gasteiger partial charge in [0.25, 0.3) is 0 Å². The number of fused-ring (bicyclic) bond motifs is 1. The second-order valence-corrected chi connectivity index (χ2v) is 6.92. The summed E-state index contributed by atoms with van der Waals surface area (Å²) in [4.78, 5) is 17.0. The third kappa shape index (κ3) is 3.35. The van der Waals surface area contributed by atoms with E-state index in [4.69, 9.17) is 9.26 Å². The highest BCUT2D eigenvalue weighted by Crippen LogP contribution is 2.20. The van der Waals surface area contributed by atoms with Gasteiger partial charge in [-0.25, -0.2) is 4.98 Å². The Morgan fingerprint density at radius 1 is 1.38 bits per heavy atom. The van der Waals surface area contributed by atoms with E-state index in [1.165, 1.54) is 0 Å². The molecule has 1 N–H and O–H groups in total. The third-order valence-corrected chi connectivity index (χ3v) is 4.83. The van der Waals surface area contributed by atoms with Crippen LogP contribution in [0.3, 0.4) is 0 Å². The van der Waals surface area contributed by atoms with Crippen molar-refractivity contribution in [2.75, 3.05) is 13.2 Å². The molecule has 1 amide bonds. The SMILES string of the molecule is Cc1cc(C[C@H]2COC[C@H]2NC(=O)Cc2cnc3c(C)cccn23)on1. The summed E-state index contributed by atoms with van der Waals surface area (Å²) < 4.78 is 12.8. The Balaban J connectivity index is 1.41. The summed E-state index contributed by atoms with van der Waals surface area (Å²) in [5.74, 6) is 0.993. The minimum Gasteiger partial charge on any atom is -0.379 e. The van der Waals surface area contributed by atoms with Crippen LogP contribution in [0.15, 0.2) is 35.1 Å². The summed E-state index contributed by atoms with van der Waals surface area (Å²) in [6.45, 7) is 5.04. The summed E-state index contributed by atoms with van der Waals surface area (Å²) >= 11 is 0. The van der Waals surface area contributed by atoms with Crippen LogP contribution < -0.4 is 5.32 Å². The normalized spacial score (nSPS) is 19.9. The molecule has 136 valence electrons. The first-order valence-electron chi connectivity index (χ1n) is 8.81. The van der Waals surface area contributed by atoms with Gasteiger partial charge in [0.15, 0.2) is 0 Å². The molecule has 0 spiro atoms. The zero-order chi connectivity index (χ0) is 18.1. The lowest BCUT2D eigenvalue weighted by atomic mass is 9.98. The van der Waals surface area contributed by atoms with E-state index in [9.17, 15) is 4.79 Å². The molecule has 4 rings (SSSR count). The fourth-order valence-electron chi connectivity index (χ4n) is 3.49. The van der Waals surface area contributed by atoms with Crippen LogP contribution in [0, 0.1) is 19.8 Å². The van der Waals surface area contributed by atoms with Gasteiger partial charge < -0.3 is 19.0 Å². The van der Waals surface area contributed by atoms with Crippen LogP contribution in [0.25, 0.3) is 5.65 Å². The lowest BCUT2D eigenvalue weighted by Gasteiger charge is -2.18. The van der Waals surface area contributed by atoms with Gasteiger partial charge in [-0.05, 0) is 25.5 Å². The number of pyridine rings is 1. The van der Waals surface area contributed by atoms with Crippen molar-refractivity contribution in [2.24, 2.45) is 5.92 Å². The van der Waals surface area contributed by atoms with Crippen LogP contribution in [-0.2, 0) is 22.4 Å². The predicted octanol–water partition coefficient (Wildman–Crippen LogP) is 1.86. The Bertz CT molecular complexity index is 930. The number of carbonyl (C=O) groups excluding carboxylic acids is 1. The molecule has 26 heavy (non-hydrogen) atoms. The van der Waals surface area contributed by atoms with Crippen molar-refractivity contribution < 1.29 is 14.1 Å². The molecule has 0 saturated carbocycles. The molecule has 0 unspecified atom stereocenters. The minimum atomic E-state index is -0.0254. The monoisotopic (exact) mass is 354 g/mol. The van der Waals surface area contributed by atoms with E-state index in [1.807, 2.05) is 42.6 Å². The van der Waals surface area contributed by atoms with Crippen LogP contribution in [0.4, 0.5) is 0 Å². The highest BCUT2D eigenvalue weighted by molar-refractivity contribution is 5.78. The fraction of sp³-hybridized carbons (Fsp3) is 0.421. The van der Waals surface area contributed by atoms with E-state index in [0.29, 0.717) is 19.6 Å². The Morgan fingerprint density at radius 2 is 2.27 bits per heavy atom. The van der Waals surface area contributed by atoms with Gasteiger partial charge in [-0.2, -0.15) is 0 Å². The van der Waals surface area contributed by atoms with E-state index in [-0.39, 0.29) is 24.3 Å². The lowest BCUT2D eigenvalue weighted by Crippen LogP contribution is -2.41. The van der Waals surface area contributed by atoms with Crippen molar-refractivity contribution in [2.45, 2.75) is 32.7 Å². The molecular formula is C19H22N4O3. The number of hydrogen-bond donors (Lipinski definition) is 1. The Hall–Kier alpha value is -2.67. The van der Waals surface area contributed by atoms with E-state index in [2.05, 4.69) is 15.5 Å². The quantitative estimate of drug-likeness (QED) is 0.756. The number of rotatable bonds is 5. The van der Waals surface area contributed by atoms with E-state index < -0.39 is 0 Å². The second kappa shape index (κ2) is 6.92. The Morgan fingerprint density at radius 3 is 3.08 bits per heavy atom. The van der Waals surface area contributed by atoms with Crippen molar-refractivity contribution in [3.05, 3.63) is 53.3 Å². The van der Waals surface area contributed by atoms with Crippen molar-refractivity contribution in [1.82, 2.24) is 19.9 Å². The average Bonchev–Trinajstić information content (AvgIpc) is 3.31. The first-order chi connectivity index (χ1) is 12.6. The first-order valence-corrected chi connectivity index (χ1v) is 8.81. The number of hydrogen-bond acceptors (Lipinski definition) is 5. The molecule has 0 aliphatic carbocycles. The van der Waals surface area contributed by atoms with Gasteiger partial charge in [-0.3, -0.25) is 4.79 Å². The molecule has 0 bridgehead atoms. The summed E-state index contributed by atoms with van der Waals surface area (Å²) in [5.41, 5.74) is 3.72. The molecule has 4 heterocycles. The Kier molecular flexibility index (Phi) is 4.46. The maximum Gasteiger partial charge on any atom is 0.226 e. The average molecular weight is 354 g/mol. The summed E-state index contributed by atoms with van der Waals surface area (Å²) in [6, 6.07) is 5.88.